The van der Waals surface area contributed by atoms with Gasteiger partial charge in [-0.05, 0) is 0 Å². The van der Waals surface area contributed by atoms with E-state index >= 15 is 0 Å². The van der Waals surface area contributed by atoms with E-state index in [0.717, 1.165) is 6.42 Å². The first-order valence-corrected chi connectivity index (χ1v) is 24.9. The molecule has 0 heterocycles. The van der Waals surface area contributed by atoms with Gasteiger partial charge in [0.15, 0.2) is 0 Å². The number of benzene rings is 2. The molecular formula is C28H38Cl2SiZr. The van der Waals surface area contributed by atoms with Crippen molar-refractivity contribution in [2.45, 2.75) is 53.9 Å². The third kappa shape index (κ3) is 4.15. The molecule has 4 rings (SSSR count). The van der Waals surface area contributed by atoms with Gasteiger partial charge in [0.25, 0.3) is 0 Å². The molecule has 2 aliphatic rings. The fraction of sp³-hybridized carbons (Fsp3) is 0.357. The Labute approximate surface area is 210 Å². The Kier molecular flexibility index (Phi) is 8.22. The molecule has 0 saturated carbocycles. The summed E-state index contributed by atoms with van der Waals surface area (Å²) in [4.78, 5) is 0. The summed E-state index contributed by atoms with van der Waals surface area (Å²) < 4.78 is 7.89. The second kappa shape index (κ2) is 9.53. The molecule has 4 heteroatoms. The van der Waals surface area contributed by atoms with Crippen LogP contribution in [0.15, 0.2) is 74.1 Å². The summed E-state index contributed by atoms with van der Waals surface area (Å²) in [6.07, 6.45) is 3.70. The number of hydrogen-bond donors (Lipinski definition) is 0. The van der Waals surface area contributed by atoms with Gasteiger partial charge in [0, 0.05) is 0 Å². The number of hydrogen-bond acceptors (Lipinski definition) is 0. The van der Waals surface area contributed by atoms with Crippen LogP contribution in [0.2, 0.25) is 9.26 Å². The predicted octanol–water partition coefficient (Wildman–Crippen LogP) is 8.64. The minimum atomic E-state index is -3.33. The first kappa shape index (κ1) is 27.6. The molecule has 0 bridgehead atoms. The van der Waals surface area contributed by atoms with Gasteiger partial charge in [-0.15, -0.1) is 24.8 Å². The van der Waals surface area contributed by atoms with Crippen LogP contribution in [-0.4, -0.2) is 6.88 Å². The molecule has 2 aromatic rings. The predicted molar refractivity (Wildman–Crippen MR) is 148 cm³/mol. The van der Waals surface area contributed by atoms with Crippen molar-refractivity contribution in [1.29, 1.82) is 0 Å². The Morgan fingerprint density at radius 2 is 1.50 bits per heavy atom. The van der Waals surface area contributed by atoms with Gasteiger partial charge in [0.1, 0.15) is 0 Å². The number of rotatable bonds is 4. The van der Waals surface area contributed by atoms with E-state index in [1.807, 2.05) is 3.28 Å². The third-order valence-corrected chi connectivity index (χ3v) is 25.3. The monoisotopic (exact) mass is 562 g/mol. The van der Waals surface area contributed by atoms with E-state index in [1.165, 1.54) is 16.7 Å². The van der Waals surface area contributed by atoms with Crippen LogP contribution in [-0.2, 0) is 17.4 Å². The van der Waals surface area contributed by atoms with E-state index in [1.54, 1.807) is 27.9 Å². The third-order valence-electron chi connectivity index (χ3n) is 8.10. The molecule has 172 valence electrons. The van der Waals surface area contributed by atoms with Crippen molar-refractivity contribution < 1.29 is 17.4 Å². The maximum Gasteiger partial charge on any atom is -0.147 e. The molecule has 0 aromatic heterocycles. The molecule has 0 aliphatic heterocycles. The van der Waals surface area contributed by atoms with Gasteiger partial charge in [-0.25, -0.2) is 0 Å². The summed E-state index contributed by atoms with van der Waals surface area (Å²) in [7, 11) is 0. The minimum Gasteiger partial charge on any atom is -0.147 e. The van der Waals surface area contributed by atoms with Crippen LogP contribution >= 0.6 is 24.8 Å². The van der Waals surface area contributed by atoms with Crippen molar-refractivity contribution >= 4 is 37.8 Å². The number of allylic oxidation sites excluding steroid dienone is 5. The summed E-state index contributed by atoms with van der Waals surface area (Å²) in [5, 5.41) is 0. The Morgan fingerprint density at radius 3 is 2.03 bits per heavy atom. The van der Waals surface area contributed by atoms with Crippen LogP contribution in [0, 0.1) is 5.92 Å². The van der Waals surface area contributed by atoms with Crippen molar-refractivity contribution in [3.05, 3.63) is 85.2 Å². The zero-order valence-corrected chi connectivity index (χ0v) is 26.1. The van der Waals surface area contributed by atoms with Crippen LogP contribution in [0.5, 0.6) is 0 Å². The Morgan fingerprint density at radius 1 is 0.875 bits per heavy atom. The van der Waals surface area contributed by atoms with Crippen molar-refractivity contribution in [3.8, 4) is 11.1 Å². The summed E-state index contributed by atoms with van der Waals surface area (Å²) >= 11 is -3.33. The van der Waals surface area contributed by atoms with Gasteiger partial charge in [0.05, 0.1) is 0 Å². The zero-order valence-electron chi connectivity index (χ0n) is 20.6. The van der Waals surface area contributed by atoms with Crippen molar-refractivity contribution in [3.63, 3.8) is 0 Å². The first-order chi connectivity index (χ1) is 14.1. The largest absolute Gasteiger partial charge is 0.147 e. The van der Waals surface area contributed by atoms with E-state index in [0.29, 0.717) is 9.54 Å². The molecule has 2 unspecified atom stereocenters. The molecule has 2 aliphatic carbocycles. The normalized spacial score (nSPS) is 20.6. The molecule has 0 spiro atoms. The maximum atomic E-state index is 2.72. The molecule has 0 N–H and O–H groups in total. The van der Waals surface area contributed by atoms with Gasteiger partial charge in [-0.3, -0.25) is 0 Å². The fourth-order valence-electron chi connectivity index (χ4n) is 6.58. The summed E-state index contributed by atoms with van der Waals surface area (Å²) in [6, 6.07) is 18.0. The molecular weight excluding hydrogens is 527 g/mol. The van der Waals surface area contributed by atoms with Crippen molar-refractivity contribution in [2.24, 2.45) is 5.92 Å². The molecule has 32 heavy (non-hydrogen) atoms. The second-order valence-electron chi connectivity index (χ2n) is 10.6. The van der Waals surface area contributed by atoms with Crippen LogP contribution in [0.25, 0.3) is 17.2 Å². The average molecular weight is 565 g/mol. The summed E-state index contributed by atoms with van der Waals surface area (Å²) in [6.45, 7) is 14.4. The SMILES string of the molecule is CCC1=Cc2c(-c3ccccc3)cccc2[CH]1[Zr]([CH3])([CH3])(=[SiH2])[C]1=C(C)C(C)=C(C)C1C.Cl.Cl. The van der Waals surface area contributed by atoms with Gasteiger partial charge in [0.2, 0.25) is 0 Å². The summed E-state index contributed by atoms with van der Waals surface area (Å²) in [5.74, 6) is 0.600. The van der Waals surface area contributed by atoms with Crippen LogP contribution in [0.4, 0.5) is 0 Å². The van der Waals surface area contributed by atoms with Crippen LogP contribution in [0.3, 0.4) is 0 Å². The van der Waals surface area contributed by atoms with Gasteiger partial charge < -0.3 is 0 Å². The number of fused-ring (bicyclic) bond motifs is 1. The molecule has 2 aromatic carbocycles. The first-order valence-electron chi connectivity index (χ1n) is 11.4. The van der Waals surface area contributed by atoms with E-state index in [2.05, 4.69) is 105 Å². The smallest absolute Gasteiger partial charge is 0.147 e. The van der Waals surface area contributed by atoms with Crippen molar-refractivity contribution in [2.75, 3.05) is 0 Å². The zero-order chi connectivity index (χ0) is 21.9. The molecule has 0 saturated heterocycles. The van der Waals surface area contributed by atoms with E-state index in [-0.39, 0.29) is 24.8 Å². The van der Waals surface area contributed by atoms with E-state index in [9.17, 15) is 0 Å². The molecule has 0 amide bonds. The molecule has 0 radical (unpaired) electrons. The van der Waals surface area contributed by atoms with E-state index < -0.39 is 17.4 Å². The average Bonchev–Trinajstić information content (AvgIpc) is 3.20. The fourth-order valence-corrected chi connectivity index (χ4v) is 27.8. The molecule has 2 atom stereocenters. The molecule has 0 nitrogen and oxygen atoms in total. The minimum absolute atomic E-state index is 0. The second-order valence-corrected chi connectivity index (χ2v) is 40.0. The Hall–Kier alpha value is -0.660. The molecule has 0 fully saturated rings. The van der Waals surface area contributed by atoms with Crippen LogP contribution < -0.4 is 0 Å². The van der Waals surface area contributed by atoms with E-state index in [4.69, 9.17) is 0 Å². The summed E-state index contributed by atoms with van der Waals surface area (Å²) in [5.41, 5.74) is 12.2. The Bertz CT molecular complexity index is 1200. The van der Waals surface area contributed by atoms with Gasteiger partial charge in [-0.2, -0.15) is 0 Å². The van der Waals surface area contributed by atoms with Gasteiger partial charge >= 0.3 is 187 Å². The maximum absolute atomic E-state index is 3.33. The standard InChI is InChI=1S/C17H15.C9H13.2CH3.2ClH.H2Si.Zr/c1-2-13-11-15-9-6-10-16(17(15)12-13)14-7-4-3-5-8-14;1-6-5-7(2)9(4)8(6)3;;;;;;/h3-12H,2H2,1H3;6H,1-4H3;2*1H3;2*1H;1H2;. The van der Waals surface area contributed by atoms with Crippen molar-refractivity contribution in [1.82, 2.24) is 0 Å². The van der Waals surface area contributed by atoms with Gasteiger partial charge in [-0.1, -0.05) is 0 Å². The topological polar surface area (TPSA) is 0 Å². The van der Waals surface area contributed by atoms with Crippen LogP contribution in [0.1, 0.15) is 55.8 Å². The quantitative estimate of drug-likeness (QED) is 0.326. The number of halogens is 2. The Balaban J connectivity index is 0.00000181.